The highest BCUT2D eigenvalue weighted by Gasteiger charge is 2.18. The lowest BCUT2D eigenvalue weighted by atomic mass is 10.0. The smallest absolute Gasteiger partial charge is 0.322 e. The largest absolute Gasteiger partial charge is 0.467 e. The number of rotatable bonds is 7. The Labute approximate surface area is 126 Å². The third kappa shape index (κ3) is 4.70. The molecule has 0 amide bonds. The van der Waals surface area contributed by atoms with E-state index in [4.69, 9.17) is 9.47 Å². The van der Waals surface area contributed by atoms with Gasteiger partial charge in [0.05, 0.1) is 13.7 Å². The van der Waals surface area contributed by atoms with E-state index >= 15 is 0 Å². The number of nitrogens with zero attached hydrogens (tertiary/aromatic N) is 4. The second kappa shape index (κ2) is 7.97. The fourth-order valence-corrected chi connectivity index (χ4v) is 2.34. The van der Waals surface area contributed by atoms with E-state index in [2.05, 4.69) is 27.2 Å². The first-order chi connectivity index (χ1) is 10.2. The van der Waals surface area contributed by atoms with Gasteiger partial charge in [-0.3, -0.25) is 0 Å². The van der Waals surface area contributed by atoms with Crippen LogP contribution in [0.2, 0.25) is 0 Å². The molecule has 1 atom stereocenters. The lowest BCUT2D eigenvalue weighted by molar-refractivity contribution is 0.0575. The van der Waals surface area contributed by atoms with Crippen LogP contribution in [0.15, 0.2) is 0 Å². The maximum absolute atomic E-state index is 5.52. The van der Waals surface area contributed by atoms with E-state index in [9.17, 15) is 0 Å². The Hall–Kier alpha value is -1.63. The van der Waals surface area contributed by atoms with Gasteiger partial charge in [-0.15, -0.1) is 0 Å². The molecule has 1 fully saturated rings. The number of aromatic nitrogens is 3. The van der Waals surface area contributed by atoms with E-state index < -0.39 is 0 Å². The standard InChI is InChI=1S/C14H25N5O2/c1-4-7-15-12-16-13(18-14(17-12)20-3)19(2)9-11-6-5-8-21-10-11/h11H,4-10H2,1-3H3,(H,15,16,17,18). The molecule has 0 aromatic carbocycles. The summed E-state index contributed by atoms with van der Waals surface area (Å²) in [6.07, 6.45) is 3.33. The minimum Gasteiger partial charge on any atom is -0.467 e. The summed E-state index contributed by atoms with van der Waals surface area (Å²) in [6, 6.07) is 0.338. The lowest BCUT2D eigenvalue weighted by Gasteiger charge is -2.27. The zero-order valence-corrected chi connectivity index (χ0v) is 13.1. The van der Waals surface area contributed by atoms with Crippen molar-refractivity contribution in [2.24, 2.45) is 5.92 Å². The van der Waals surface area contributed by atoms with E-state index in [1.165, 1.54) is 6.42 Å². The molecule has 2 rings (SSSR count). The van der Waals surface area contributed by atoms with Crippen molar-refractivity contribution in [1.29, 1.82) is 0 Å². The predicted octanol–water partition coefficient (Wildman–Crippen LogP) is 1.56. The molecule has 118 valence electrons. The molecular weight excluding hydrogens is 270 g/mol. The van der Waals surface area contributed by atoms with E-state index in [1.807, 2.05) is 11.9 Å². The third-order valence-corrected chi connectivity index (χ3v) is 3.45. The molecule has 1 aromatic rings. The van der Waals surface area contributed by atoms with Crippen LogP contribution in [-0.2, 0) is 4.74 Å². The van der Waals surface area contributed by atoms with Gasteiger partial charge in [-0.2, -0.15) is 15.0 Å². The van der Waals surface area contributed by atoms with Gasteiger partial charge < -0.3 is 19.7 Å². The van der Waals surface area contributed by atoms with Crippen LogP contribution in [-0.4, -0.2) is 55.4 Å². The summed E-state index contributed by atoms with van der Waals surface area (Å²) in [5.74, 6) is 1.72. The number of anilines is 2. The van der Waals surface area contributed by atoms with Crippen LogP contribution >= 0.6 is 0 Å². The molecule has 7 nitrogen and oxygen atoms in total. The van der Waals surface area contributed by atoms with Gasteiger partial charge in [0.1, 0.15) is 0 Å². The molecule has 1 unspecified atom stereocenters. The van der Waals surface area contributed by atoms with Crippen LogP contribution in [0.5, 0.6) is 6.01 Å². The molecule has 1 aliphatic heterocycles. The molecule has 21 heavy (non-hydrogen) atoms. The van der Waals surface area contributed by atoms with Crippen LogP contribution in [0.3, 0.4) is 0 Å². The predicted molar refractivity (Wildman–Crippen MR) is 82.0 cm³/mol. The number of hydrogen-bond donors (Lipinski definition) is 1. The first-order valence-corrected chi connectivity index (χ1v) is 7.55. The molecule has 0 aliphatic carbocycles. The van der Waals surface area contributed by atoms with Gasteiger partial charge in [-0.1, -0.05) is 6.92 Å². The minimum atomic E-state index is 0.338. The van der Waals surface area contributed by atoms with Gasteiger partial charge in [0.15, 0.2) is 0 Å². The van der Waals surface area contributed by atoms with E-state index in [-0.39, 0.29) is 0 Å². The van der Waals surface area contributed by atoms with Crippen molar-refractivity contribution < 1.29 is 9.47 Å². The summed E-state index contributed by atoms with van der Waals surface area (Å²) in [4.78, 5) is 15.0. The van der Waals surface area contributed by atoms with Crippen molar-refractivity contribution >= 4 is 11.9 Å². The summed E-state index contributed by atoms with van der Waals surface area (Å²) in [5, 5.41) is 3.17. The highest BCUT2D eigenvalue weighted by molar-refractivity contribution is 5.37. The van der Waals surface area contributed by atoms with Crippen LogP contribution in [0.25, 0.3) is 0 Å². The van der Waals surface area contributed by atoms with Gasteiger partial charge in [0.2, 0.25) is 11.9 Å². The molecule has 1 N–H and O–H groups in total. The molecule has 7 heteroatoms. The van der Waals surface area contributed by atoms with Crippen molar-refractivity contribution in [2.75, 3.05) is 50.7 Å². The molecule has 1 aromatic heterocycles. The van der Waals surface area contributed by atoms with Crippen LogP contribution in [0, 0.1) is 5.92 Å². The second-order valence-electron chi connectivity index (χ2n) is 5.34. The molecule has 0 saturated carbocycles. The third-order valence-electron chi connectivity index (χ3n) is 3.45. The first-order valence-electron chi connectivity index (χ1n) is 7.55. The zero-order valence-electron chi connectivity index (χ0n) is 13.1. The summed E-state index contributed by atoms with van der Waals surface area (Å²) >= 11 is 0. The Kier molecular flexibility index (Phi) is 5.98. The lowest BCUT2D eigenvalue weighted by Crippen LogP contribution is -2.32. The number of hydrogen-bond acceptors (Lipinski definition) is 7. The van der Waals surface area contributed by atoms with Gasteiger partial charge in [0, 0.05) is 26.7 Å². The number of ether oxygens (including phenoxy) is 2. The summed E-state index contributed by atoms with van der Waals surface area (Å²) in [5.41, 5.74) is 0. The topological polar surface area (TPSA) is 72.4 Å². The van der Waals surface area contributed by atoms with Gasteiger partial charge >= 0.3 is 6.01 Å². The van der Waals surface area contributed by atoms with Crippen LogP contribution in [0.1, 0.15) is 26.2 Å². The zero-order chi connectivity index (χ0) is 15.1. The monoisotopic (exact) mass is 295 g/mol. The van der Waals surface area contributed by atoms with Crippen molar-refractivity contribution in [2.45, 2.75) is 26.2 Å². The maximum atomic E-state index is 5.52. The Balaban J connectivity index is 2.05. The molecule has 1 aliphatic rings. The van der Waals surface area contributed by atoms with Gasteiger partial charge in [-0.05, 0) is 25.2 Å². The summed E-state index contributed by atoms with van der Waals surface area (Å²) < 4.78 is 10.7. The van der Waals surface area contributed by atoms with Gasteiger partial charge in [0.25, 0.3) is 0 Å². The average molecular weight is 295 g/mol. The molecular formula is C14H25N5O2. The van der Waals surface area contributed by atoms with Crippen molar-refractivity contribution in [3.05, 3.63) is 0 Å². The highest BCUT2D eigenvalue weighted by atomic mass is 16.5. The number of nitrogens with one attached hydrogen (secondary N) is 1. The SMILES string of the molecule is CCCNc1nc(OC)nc(N(C)CC2CCCOC2)n1. The van der Waals surface area contributed by atoms with E-state index in [0.29, 0.717) is 23.8 Å². The number of methoxy groups -OCH3 is 1. The normalized spacial score (nSPS) is 18.3. The Bertz CT molecular complexity index is 437. The minimum absolute atomic E-state index is 0.338. The Morgan fingerprint density at radius 1 is 1.38 bits per heavy atom. The van der Waals surface area contributed by atoms with Crippen LogP contribution < -0.4 is 15.0 Å². The van der Waals surface area contributed by atoms with Crippen molar-refractivity contribution in [3.8, 4) is 6.01 Å². The maximum Gasteiger partial charge on any atom is 0.322 e. The van der Waals surface area contributed by atoms with Crippen molar-refractivity contribution in [3.63, 3.8) is 0 Å². The summed E-state index contributed by atoms with van der Waals surface area (Å²) in [7, 11) is 3.56. The Morgan fingerprint density at radius 2 is 2.24 bits per heavy atom. The molecule has 2 heterocycles. The molecule has 0 radical (unpaired) electrons. The first kappa shape index (κ1) is 15.8. The van der Waals surface area contributed by atoms with E-state index in [0.717, 1.165) is 39.1 Å². The van der Waals surface area contributed by atoms with E-state index in [1.54, 1.807) is 7.11 Å². The average Bonchev–Trinajstić information content (AvgIpc) is 2.53. The quantitative estimate of drug-likeness (QED) is 0.818. The fourth-order valence-electron chi connectivity index (χ4n) is 2.34. The molecule has 0 bridgehead atoms. The van der Waals surface area contributed by atoms with Gasteiger partial charge in [-0.25, -0.2) is 0 Å². The molecule has 0 spiro atoms. The fraction of sp³-hybridized carbons (Fsp3) is 0.786. The summed E-state index contributed by atoms with van der Waals surface area (Å²) in [6.45, 7) is 5.49. The molecule has 1 saturated heterocycles. The van der Waals surface area contributed by atoms with Crippen molar-refractivity contribution in [1.82, 2.24) is 15.0 Å². The Morgan fingerprint density at radius 3 is 2.90 bits per heavy atom. The highest BCUT2D eigenvalue weighted by Crippen LogP contribution is 2.19. The second-order valence-corrected chi connectivity index (χ2v) is 5.34. The van der Waals surface area contributed by atoms with Crippen LogP contribution in [0.4, 0.5) is 11.9 Å².